The molecule has 0 bridgehead atoms. The molecule has 0 aliphatic heterocycles. The lowest BCUT2D eigenvalue weighted by atomic mass is 10.0. The van der Waals surface area contributed by atoms with Crippen molar-refractivity contribution in [2.45, 2.75) is 20.5 Å². The van der Waals surface area contributed by atoms with Gasteiger partial charge in [-0.05, 0) is 49.2 Å². The fourth-order valence-electron chi connectivity index (χ4n) is 3.96. The molecule has 0 N–H and O–H groups in total. The van der Waals surface area contributed by atoms with Crippen molar-refractivity contribution in [1.29, 1.82) is 0 Å². The Bertz CT molecular complexity index is 1630. The van der Waals surface area contributed by atoms with Crippen molar-refractivity contribution < 1.29 is 18.3 Å². The van der Waals surface area contributed by atoms with Gasteiger partial charge >= 0.3 is 11.3 Å². The second-order valence-corrected chi connectivity index (χ2v) is 7.91. The molecular weight excluding hydrogens is 432 g/mol. The third kappa shape index (κ3) is 4.06. The first-order valence-electron chi connectivity index (χ1n) is 11.0. The molecule has 0 atom stereocenters. The molecule has 0 saturated heterocycles. The number of para-hydroxylation sites is 1. The summed E-state index contributed by atoms with van der Waals surface area (Å²) in [5, 5.41) is 1.30. The Labute approximate surface area is 195 Å². The molecule has 0 fully saturated rings. The highest BCUT2D eigenvalue weighted by atomic mass is 16.5. The van der Waals surface area contributed by atoms with Gasteiger partial charge in [0.05, 0.1) is 12.2 Å². The second kappa shape index (κ2) is 8.90. The van der Waals surface area contributed by atoms with Crippen LogP contribution in [0.4, 0.5) is 0 Å². The zero-order valence-electron chi connectivity index (χ0n) is 18.8. The van der Waals surface area contributed by atoms with Crippen molar-refractivity contribution in [1.82, 2.24) is 0 Å². The molecule has 0 amide bonds. The van der Waals surface area contributed by atoms with Crippen LogP contribution in [0.2, 0.25) is 0 Å². The number of rotatable bonds is 6. The van der Waals surface area contributed by atoms with Gasteiger partial charge in [-0.2, -0.15) is 0 Å². The molecule has 0 unspecified atom stereocenters. The molecule has 5 aromatic rings. The zero-order valence-corrected chi connectivity index (χ0v) is 18.8. The monoisotopic (exact) mass is 454 g/mol. The topological polar surface area (TPSA) is 78.9 Å². The molecule has 0 radical (unpaired) electrons. The van der Waals surface area contributed by atoms with Gasteiger partial charge in [-0.15, -0.1) is 0 Å². The average molecular weight is 454 g/mol. The summed E-state index contributed by atoms with van der Waals surface area (Å²) in [6, 6.07) is 21.6. The molecule has 5 rings (SSSR count). The van der Waals surface area contributed by atoms with Gasteiger partial charge in [-0.25, -0.2) is 9.59 Å². The van der Waals surface area contributed by atoms with E-state index in [0.29, 0.717) is 52.2 Å². The Morgan fingerprint density at radius 1 is 0.824 bits per heavy atom. The van der Waals surface area contributed by atoms with Gasteiger partial charge in [-0.1, -0.05) is 36.4 Å². The van der Waals surface area contributed by atoms with E-state index < -0.39 is 11.3 Å². The summed E-state index contributed by atoms with van der Waals surface area (Å²) in [5.41, 5.74) is 2.48. The third-order valence-electron chi connectivity index (χ3n) is 5.69. The van der Waals surface area contributed by atoms with Crippen LogP contribution < -0.4 is 20.7 Å². The van der Waals surface area contributed by atoms with E-state index in [0.717, 1.165) is 11.1 Å². The quantitative estimate of drug-likeness (QED) is 0.299. The Hall–Kier alpha value is -4.32. The van der Waals surface area contributed by atoms with E-state index in [-0.39, 0.29) is 5.56 Å². The van der Waals surface area contributed by atoms with Gasteiger partial charge in [0.2, 0.25) is 0 Å². The molecule has 6 nitrogen and oxygen atoms in total. The maximum Gasteiger partial charge on any atom is 0.344 e. The average Bonchev–Trinajstić information content (AvgIpc) is 2.83. The van der Waals surface area contributed by atoms with Gasteiger partial charge in [0.1, 0.15) is 17.9 Å². The smallest absolute Gasteiger partial charge is 0.344 e. The molecule has 0 aliphatic rings. The van der Waals surface area contributed by atoms with Crippen LogP contribution in [0.15, 0.2) is 91.2 Å². The van der Waals surface area contributed by atoms with Crippen LogP contribution in [0.25, 0.3) is 33.1 Å². The molecule has 34 heavy (non-hydrogen) atoms. The first-order valence-corrected chi connectivity index (χ1v) is 11.0. The van der Waals surface area contributed by atoms with E-state index in [4.69, 9.17) is 18.3 Å². The Balaban J connectivity index is 1.57. The highest BCUT2D eigenvalue weighted by Gasteiger charge is 2.16. The molecule has 6 heteroatoms. The van der Waals surface area contributed by atoms with Crippen molar-refractivity contribution in [3.63, 3.8) is 0 Å². The van der Waals surface area contributed by atoms with Gasteiger partial charge in [0, 0.05) is 28.5 Å². The van der Waals surface area contributed by atoms with Crippen molar-refractivity contribution in [2.75, 3.05) is 6.61 Å². The number of benzene rings is 3. The fraction of sp³-hybridized carbons (Fsp3) is 0.143. The van der Waals surface area contributed by atoms with Crippen LogP contribution >= 0.6 is 0 Å². The van der Waals surface area contributed by atoms with Crippen LogP contribution in [0, 0.1) is 6.92 Å². The van der Waals surface area contributed by atoms with Gasteiger partial charge in [0.15, 0.2) is 11.3 Å². The summed E-state index contributed by atoms with van der Waals surface area (Å²) in [6.07, 6.45) is 0. The maximum atomic E-state index is 12.9. The fourth-order valence-corrected chi connectivity index (χ4v) is 3.96. The highest BCUT2D eigenvalue weighted by molar-refractivity contribution is 5.96. The lowest BCUT2D eigenvalue weighted by molar-refractivity contribution is 0.305. The van der Waals surface area contributed by atoms with Crippen molar-refractivity contribution in [2.24, 2.45) is 0 Å². The summed E-state index contributed by atoms with van der Waals surface area (Å²) in [7, 11) is 0. The first-order chi connectivity index (χ1) is 16.5. The van der Waals surface area contributed by atoms with E-state index in [1.54, 1.807) is 30.3 Å². The Morgan fingerprint density at radius 3 is 2.50 bits per heavy atom. The summed E-state index contributed by atoms with van der Waals surface area (Å²) in [4.78, 5) is 25.3. The molecule has 2 heterocycles. The number of hydrogen-bond donors (Lipinski definition) is 0. The van der Waals surface area contributed by atoms with Crippen LogP contribution in [-0.4, -0.2) is 6.61 Å². The van der Waals surface area contributed by atoms with E-state index in [2.05, 4.69) is 0 Å². The first kappa shape index (κ1) is 21.5. The minimum Gasteiger partial charge on any atom is -0.490 e. The van der Waals surface area contributed by atoms with Crippen LogP contribution in [0.1, 0.15) is 18.1 Å². The zero-order chi connectivity index (χ0) is 23.7. The summed E-state index contributed by atoms with van der Waals surface area (Å²) in [5.74, 6) is 1.06. The molecule has 0 spiro atoms. The Morgan fingerprint density at radius 2 is 1.68 bits per heavy atom. The minimum atomic E-state index is -0.568. The molecule has 170 valence electrons. The second-order valence-electron chi connectivity index (χ2n) is 7.91. The summed E-state index contributed by atoms with van der Waals surface area (Å²) >= 11 is 0. The van der Waals surface area contributed by atoms with Crippen LogP contribution in [0.5, 0.6) is 11.5 Å². The molecule has 0 aliphatic carbocycles. The SMILES string of the molecule is CCOc1cccc2cc(-c3cc(=O)oc4cc(OCc5ccccc5C)ccc34)c(=O)oc12. The molecule has 3 aromatic carbocycles. The van der Waals surface area contributed by atoms with Crippen molar-refractivity contribution >= 4 is 21.9 Å². The van der Waals surface area contributed by atoms with E-state index in [1.807, 2.05) is 50.2 Å². The van der Waals surface area contributed by atoms with E-state index in [1.165, 1.54) is 6.07 Å². The molecule has 2 aromatic heterocycles. The number of fused-ring (bicyclic) bond motifs is 2. The maximum absolute atomic E-state index is 12.9. The Kier molecular flexibility index (Phi) is 5.64. The van der Waals surface area contributed by atoms with Crippen LogP contribution in [0.3, 0.4) is 0 Å². The summed E-state index contributed by atoms with van der Waals surface area (Å²) in [6.45, 7) is 4.72. The van der Waals surface area contributed by atoms with Crippen molar-refractivity contribution in [3.05, 3.63) is 105 Å². The number of hydrogen-bond acceptors (Lipinski definition) is 6. The predicted molar refractivity (Wildman–Crippen MR) is 131 cm³/mol. The summed E-state index contributed by atoms with van der Waals surface area (Å²) < 4.78 is 22.5. The van der Waals surface area contributed by atoms with Crippen molar-refractivity contribution in [3.8, 4) is 22.6 Å². The predicted octanol–water partition coefficient (Wildman–Crippen LogP) is 5.85. The number of ether oxygens (including phenoxy) is 2. The van der Waals surface area contributed by atoms with Gasteiger partial charge in [-0.3, -0.25) is 0 Å². The van der Waals surface area contributed by atoms with Gasteiger partial charge < -0.3 is 18.3 Å². The minimum absolute atomic E-state index is 0.271. The third-order valence-corrected chi connectivity index (χ3v) is 5.69. The highest BCUT2D eigenvalue weighted by Crippen LogP contribution is 2.32. The van der Waals surface area contributed by atoms with Gasteiger partial charge in [0.25, 0.3) is 0 Å². The number of aryl methyl sites for hydroxylation is 1. The standard InChI is InChI=1S/C28H22O6/c1-3-31-24-10-6-9-18-13-23(28(30)34-27(18)24)22-15-26(29)33-25-14-20(11-12-21(22)25)32-16-19-8-5-4-7-17(19)2/h4-15H,3,16H2,1-2H3. The lowest BCUT2D eigenvalue weighted by Crippen LogP contribution is -2.07. The van der Waals surface area contributed by atoms with Crippen LogP contribution in [-0.2, 0) is 6.61 Å². The van der Waals surface area contributed by atoms with E-state index in [9.17, 15) is 9.59 Å². The molecular formula is C28H22O6. The molecule has 0 saturated carbocycles. The lowest BCUT2D eigenvalue weighted by Gasteiger charge is -2.11. The normalized spacial score (nSPS) is 11.1. The van der Waals surface area contributed by atoms with E-state index >= 15 is 0 Å². The largest absolute Gasteiger partial charge is 0.490 e.